The number of benzene rings is 1. The molecule has 8 heteroatoms. The van der Waals surface area contributed by atoms with Gasteiger partial charge in [-0.1, -0.05) is 24.3 Å². The highest BCUT2D eigenvalue weighted by atomic mass is 32.1. The van der Waals surface area contributed by atoms with Crippen LogP contribution in [0.4, 0.5) is 4.39 Å². The average Bonchev–Trinajstić information content (AvgIpc) is 3.31. The van der Waals surface area contributed by atoms with E-state index in [4.69, 9.17) is 0 Å². The van der Waals surface area contributed by atoms with Crippen molar-refractivity contribution in [1.82, 2.24) is 30.0 Å². The Bertz CT molecular complexity index is 841. The molecule has 1 aromatic carbocycles. The van der Waals surface area contributed by atoms with Crippen LogP contribution in [-0.4, -0.2) is 63.2 Å². The topological polar surface area (TPSA) is 50.1 Å². The van der Waals surface area contributed by atoms with Crippen molar-refractivity contribution in [3.63, 3.8) is 0 Å². The van der Waals surface area contributed by atoms with Crippen LogP contribution in [0, 0.1) is 5.82 Å². The quantitative estimate of drug-likeness (QED) is 0.688. The van der Waals surface area contributed by atoms with E-state index >= 15 is 0 Å². The van der Waals surface area contributed by atoms with Gasteiger partial charge in [0.25, 0.3) is 0 Å². The van der Waals surface area contributed by atoms with Crippen LogP contribution in [0.2, 0.25) is 0 Å². The highest BCUT2D eigenvalue weighted by molar-refractivity contribution is 7.09. The van der Waals surface area contributed by atoms with Gasteiger partial charge in [-0.2, -0.15) is 0 Å². The Hall–Kier alpha value is -2.16. The smallest absolute Gasteiger partial charge is 0.173 e. The summed E-state index contributed by atoms with van der Waals surface area (Å²) >= 11 is 1.67. The molecule has 1 aliphatic rings. The zero-order chi connectivity index (χ0) is 17.9. The molecule has 26 heavy (non-hydrogen) atoms. The number of likely N-dealkylation sites (N-methyl/N-ethyl adjacent to an activating group) is 1. The van der Waals surface area contributed by atoms with E-state index in [9.17, 15) is 4.39 Å². The zero-order valence-corrected chi connectivity index (χ0v) is 15.4. The standard InChI is InChI=1S/C18H21FN6S/c1-23-8-10-24(11-9-23)17(15-6-2-3-7-16(15)19)18-20-21-22-25(18)13-14-5-4-12-26-14/h2-7,12,17H,8-11,13H2,1H3/t17-/m0/s1. The van der Waals surface area contributed by atoms with Gasteiger partial charge in [0.2, 0.25) is 0 Å². The molecule has 6 nitrogen and oxygen atoms in total. The monoisotopic (exact) mass is 372 g/mol. The number of tetrazole rings is 1. The number of nitrogens with zero attached hydrogens (tertiary/aromatic N) is 6. The van der Waals surface area contributed by atoms with Gasteiger partial charge in [0.15, 0.2) is 5.82 Å². The molecule has 1 saturated heterocycles. The normalized spacial score (nSPS) is 17.5. The minimum atomic E-state index is -0.292. The van der Waals surface area contributed by atoms with Crippen LogP contribution < -0.4 is 0 Å². The highest BCUT2D eigenvalue weighted by Crippen LogP contribution is 2.30. The second kappa shape index (κ2) is 7.61. The maximum absolute atomic E-state index is 14.7. The van der Waals surface area contributed by atoms with Crippen LogP contribution in [0.1, 0.15) is 22.3 Å². The van der Waals surface area contributed by atoms with E-state index in [0.29, 0.717) is 17.9 Å². The summed E-state index contributed by atoms with van der Waals surface area (Å²) in [6.45, 7) is 4.18. The molecule has 1 fully saturated rings. The molecule has 0 saturated carbocycles. The minimum absolute atomic E-state index is 0.220. The summed E-state index contributed by atoms with van der Waals surface area (Å²) in [5.41, 5.74) is 0.624. The van der Waals surface area contributed by atoms with Gasteiger partial charge in [0, 0.05) is 36.6 Å². The van der Waals surface area contributed by atoms with E-state index in [2.05, 4.69) is 38.4 Å². The van der Waals surface area contributed by atoms with Crippen LogP contribution in [0.15, 0.2) is 41.8 Å². The van der Waals surface area contributed by atoms with Crippen molar-refractivity contribution in [2.24, 2.45) is 0 Å². The molecule has 136 valence electrons. The Labute approximate surface area is 155 Å². The average molecular weight is 372 g/mol. The minimum Gasteiger partial charge on any atom is -0.304 e. The third-order valence-corrected chi connectivity index (χ3v) is 5.65. The van der Waals surface area contributed by atoms with Crippen molar-refractivity contribution >= 4 is 11.3 Å². The Morgan fingerprint density at radius 3 is 2.65 bits per heavy atom. The second-order valence-corrected chi connectivity index (χ2v) is 7.57. The second-order valence-electron chi connectivity index (χ2n) is 6.54. The first-order valence-corrected chi connectivity index (χ1v) is 9.56. The number of rotatable bonds is 5. The zero-order valence-electron chi connectivity index (χ0n) is 14.6. The van der Waals surface area contributed by atoms with Gasteiger partial charge in [-0.05, 0) is 35.0 Å². The number of aromatic nitrogens is 4. The lowest BCUT2D eigenvalue weighted by molar-refractivity contribution is 0.120. The van der Waals surface area contributed by atoms with Crippen molar-refractivity contribution in [1.29, 1.82) is 0 Å². The van der Waals surface area contributed by atoms with Gasteiger partial charge < -0.3 is 4.90 Å². The Kier molecular flexibility index (Phi) is 5.05. The summed E-state index contributed by atoms with van der Waals surface area (Å²) in [6, 6.07) is 10.7. The first kappa shape index (κ1) is 17.3. The summed E-state index contributed by atoms with van der Waals surface area (Å²) in [4.78, 5) is 5.72. The summed E-state index contributed by atoms with van der Waals surface area (Å²) in [6.07, 6.45) is 0. The van der Waals surface area contributed by atoms with E-state index < -0.39 is 0 Å². The molecule has 0 radical (unpaired) electrons. The van der Waals surface area contributed by atoms with E-state index in [1.165, 1.54) is 10.9 Å². The lowest BCUT2D eigenvalue weighted by Crippen LogP contribution is -2.47. The Morgan fingerprint density at radius 1 is 1.12 bits per heavy atom. The number of piperazine rings is 1. The van der Waals surface area contributed by atoms with Gasteiger partial charge in [0.05, 0.1) is 6.54 Å². The fraction of sp³-hybridized carbons (Fsp3) is 0.389. The van der Waals surface area contributed by atoms with Crippen molar-refractivity contribution in [2.45, 2.75) is 12.6 Å². The van der Waals surface area contributed by atoms with Gasteiger partial charge in [-0.15, -0.1) is 16.4 Å². The summed E-state index contributed by atoms with van der Waals surface area (Å²) in [7, 11) is 2.11. The van der Waals surface area contributed by atoms with Crippen LogP contribution in [-0.2, 0) is 6.54 Å². The van der Waals surface area contributed by atoms with E-state index in [0.717, 1.165) is 26.2 Å². The highest BCUT2D eigenvalue weighted by Gasteiger charge is 2.31. The fourth-order valence-corrected chi connectivity index (χ4v) is 4.03. The molecule has 3 aromatic rings. The van der Waals surface area contributed by atoms with E-state index in [-0.39, 0.29) is 11.9 Å². The van der Waals surface area contributed by atoms with Crippen LogP contribution in [0.25, 0.3) is 0 Å². The van der Waals surface area contributed by atoms with Crippen molar-refractivity contribution in [2.75, 3.05) is 33.2 Å². The Balaban J connectivity index is 1.72. The van der Waals surface area contributed by atoms with Crippen LogP contribution >= 0.6 is 11.3 Å². The molecule has 0 N–H and O–H groups in total. The molecule has 0 bridgehead atoms. The molecule has 0 unspecified atom stereocenters. The summed E-state index contributed by atoms with van der Waals surface area (Å²) in [5.74, 6) is 0.468. The van der Waals surface area contributed by atoms with Crippen molar-refractivity contribution in [3.05, 3.63) is 63.9 Å². The lowest BCUT2D eigenvalue weighted by Gasteiger charge is -2.37. The number of thiophene rings is 1. The fourth-order valence-electron chi connectivity index (χ4n) is 3.35. The number of halogens is 1. The molecular formula is C18H21FN6S. The third kappa shape index (κ3) is 3.53. The van der Waals surface area contributed by atoms with Crippen molar-refractivity contribution < 1.29 is 4.39 Å². The molecule has 1 aliphatic heterocycles. The van der Waals surface area contributed by atoms with Gasteiger partial charge in [-0.25, -0.2) is 9.07 Å². The van der Waals surface area contributed by atoms with Gasteiger partial charge in [0.1, 0.15) is 11.9 Å². The molecule has 0 aliphatic carbocycles. The summed E-state index contributed by atoms with van der Waals surface area (Å²) in [5, 5.41) is 14.4. The van der Waals surface area contributed by atoms with Crippen LogP contribution in [0.3, 0.4) is 0 Å². The number of hydrogen-bond donors (Lipinski definition) is 0. The van der Waals surface area contributed by atoms with E-state index in [1.54, 1.807) is 22.1 Å². The van der Waals surface area contributed by atoms with Gasteiger partial charge >= 0.3 is 0 Å². The molecule has 4 rings (SSSR count). The molecule has 0 amide bonds. The molecule has 0 spiro atoms. The van der Waals surface area contributed by atoms with Gasteiger partial charge in [-0.3, -0.25) is 4.90 Å². The SMILES string of the molecule is CN1CCN([C@@H](c2ccccc2F)c2nnnn2Cc2cccs2)CC1. The molecule has 1 atom stereocenters. The van der Waals surface area contributed by atoms with Crippen molar-refractivity contribution in [3.8, 4) is 0 Å². The van der Waals surface area contributed by atoms with E-state index in [1.807, 2.05) is 23.6 Å². The number of hydrogen-bond acceptors (Lipinski definition) is 6. The predicted octanol–water partition coefficient (Wildman–Crippen LogP) is 2.26. The first-order chi connectivity index (χ1) is 12.7. The summed E-state index contributed by atoms with van der Waals surface area (Å²) < 4.78 is 16.5. The Morgan fingerprint density at radius 2 is 1.92 bits per heavy atom. The maximum Gasteiger partial charge on any atom is 0.173 e. The lowest BCUT2D eigenvalue weighted by atomic mass is 10.0. The maximum atomic E-state index is 14.7. The third-order valence-electron chi connectivity index (χ3n) is 4.79. The molecule has 2 aromatic heterocycles. The van der Waals surface area contributed by atoms with Crippen LogP contribution in [0.5, 0.6) is 0 Å². The molecular weight excluding hydrogens is 351 g/mol. The predicted molar refractivity (Wildman–Crippen MR) is 98.6 cm³/mol. The molecule has 3 heterocycles. The largest absolute Gasteiger partial charge is 0.304 e. The first-order valence-electron chi connectivity index (χ1n) is 8.68.